The van der Waals surface area contributed by atoms with Crippen molar-refractivity contribution in [3.8, 4) is 0 Å². The van der Waals surface area contributed by atoms with Crippen molar-refractivity contribution in [3.05, 3.63) is 0 Å². The summed E-state index contributed by atoms with van der Waals surface area (Å²) in [5, 5.41) is 13.8. The molecule has 3 aliphatic carbocycles. The maximum atomic E-state index is 10.2. The first-order valence-electron chi connectivity index (χ1n) is 9.46. The van der Waals surface area contributed by atoms with Gasteiger partial charge in [-0.15, -0.1) is 0 Å². The van der Waals surface area contributed by atoms with Crippen LogP contribution in [0.2, 0.25) is 0 Å². The van der Waals surface area contributed by atoms with E-state index in [4.69, 9.17) is 4.74 Å². The molecule has 0 aromatic rings. The summed E-state index contributed by atoms with van der Waals surface area (Å²) in [7, 11) is 0. The fourth-order valence-electron chi connectivity index (χ4n) is 5.28. The van der Waals surface area contributed by atoms with Gasteiger partial charge in [0.15, 0.2) is 0 Å². The van der Waals surface area contributed by atoms with Crippen LogP contribution < -0.4 is 5.32 Å². The molecule has 0 saturated heterocycles. The highest BCUT2D eigenvalue weighted by Gasteiger charge is 2.61. The Bertz CT molecular complexity index is 378. The summed E-state index contributed by atoms with van der Waals surface area (Å²) in [6.45, 7) is 8.39. The van der Waals surface area contributed by atoms with Crippen LogP contribution in [0, 0.1) is 16.7 Å². The fourth-order valence-corrected chi connectivity index (χ4v) is 5.28. The van der Waals surface area contributed by atoms with Crippen LogP contribution in [0.1, 0.15) is 72.1 Å². The number of hydrogen-bond acceptors (Lipinski definition) is 3. The van der Waals surface area contributed by atoms with E-state index in [2.05, 4.69) is 26.1 Å². The van der Waals surface area contributed by atoms with Gasteiger partial charge in [-0.1, -0.05) is 40.0 Å². The summed E-state index contributed by atoms with van der Waals surface area (Å²) in [4.78, 5) is 0. The van der Waals surface area contributed by atoms with Crippen LogP contribution in [0.4, 0.5) is 0 Å². The first-order chi connectivity index (χ1) is 10.4. The minimum atomic E-state index is -0.368. The minimum Gasteiger partial charge on any atom is -0.389 e. The van der Waals surface area contributed by atoms with E-state index in [1.807, 2.05) is 0 Å². The quantitative estimate of drug-likeness (QED) is 0.789. The van der Waals surface area contributed by atoms with Crippen LogP contribution in [0.25, 0.3) is 0 Å². The molecule has 0 aromatic carbocycles. The third-order valence-corrected chi connectivity index (χ3v) is 7.45. The van der Waals surface area contributed by atoms with Gasteiger partial charge in [0, 0.05) is 12.6 Å². The predicted octanol–water partition coefficient (Wildman–Crippen LogP) is 3.50. The van der Waals surface area contributed by atoms with Crippen molar-refractivity contribution < 1.29 is 9.84 Å². The lowest BCUT2D eigenvalue weighted by Crippen LogP contribution is -2.41. The van der Waals surface area contributed by atoms with Gasteiger partial charge in [0.25, 0.3) is 0 Å². The van der Waals surface area contributed by atoms with E-state index in [9.17, 15) is 5.11 Å². The zero-order chi connectivity index (χ0) is 15.8. The van der Waals surface area contributed by atoms with Crippen molar-refractivity contribution in [1.82, 2.24) is 5.32 Å². The maximum Gasteiger partial charge on any atom is 0.0897 e. The lowest BCUT2D eigenvalue weighted by molar-refractivity contribution is -0.0745. The van der Waals surface area contributed by atoms with Crippen molar-refractivity contribution in [2.24, 2.45) is 16.7 Å². The number of aliphatic hydroxyl groups is 1. The summed E-state index contributed by atoms with van der Waals surface area (Å²) in [6, 6.07) is 0.613. The lowest BCUT2D eigenvalue weighted by atomic mass is 9.70. The molecule has 3 aliphatic rings. The van der Waals surface area contributed by atoms with Gasteiger partial charge in [0.1, 0.15) is 0 Å². The topological polar surface area (TPSA) is 41.5 Å². The van der Waals surface area contributed by atoms with Gasteiger partial charge >= 0.3 is 0 Å². The number of hydrogen-bond donors (Lipinski definition) is 2. The first-order valence-corrected chi connectivity index (χ1v) is 9.46. The van der Waals surface area contributed by atoms with Crippen molar-refractivity contribution in [2.75, 3.05) is 13.2 Å². The van der Waals surface area contributed by atoms with E-state index in [1.165, 1.54) is 51.4 Å². The minimum absolute atomic E-state index is 0.300. The molecule has 2 bridgehead atoms. The number of rotatable bonds is 6. The Hall–Kier alpha value is -0.120. The largest absolute Gasteiger partial charge is 0.389 e. The van der Waals surface area contributed by atoms with Crippen LogP contribution in [-0.4, -0.2) is 36.5 Å². The molecule has 0 radical (unpaired) electrons. The van der Waals surface area contributed by atoms with Gasteiger partial charge in [-0.25, -0.2) is 0 Å². The van der Waals surface area contributed by atoms with Crippen LogP contribution >= 0.6 is 0 Å². The van der Waals surface area contributed by atoms with Crippen molar-refractivity contribution in [1.29, 1.82) is 0 Å². The van der Waals surface area contributed by atoms with Crippen LogP contribution in [0.5, 0.6) is 0 Å². The average Bonchev–Trinajstić information content (AvgIpc) is 2.85. The Morgan fingerprint density at radius 2 is 1.86 bits per heavy atom. The van der Waals surface area contributed by atoms with Crippen molar-refractivity contribution >= 4 is 0 Å². The second-order valence-electron chi connectivity index (χ2n) is 8.83. The molecule has 128 valence electrons. The van der Waals surface area contributed by atoms with E-state index >= 15 is 0 Å². The molecule has 3 heteroatoms. The SMILES string of the molecule is CC1(C)[C@H]2CC[C@@]1(C)[C@@H](OC[C@@H](O)CNC1CCCCC1)C2. The zero-order valence-corrected chi connectivity index (χ0v) is 14.7. The second kappa shape index (κ2) is 6.41. The molecule has 0 amide bonds. The monoisotopic (exact) mass is 309 g/mol. The van der Waals surface area contributed by atoms with Gasteiger partial charge in [0.05, 0.1) is 18.8 Å². The standard InChI is InChI=1S/C19H35NO2/c1-18(2)14-9-10-19(18,3)17(11-14)22-13-16(21)12-20-15-7-5-4-6-8-15/h14-17,20-21H,4-13H2,1-3H3/t14-,16-,17-,19-/m0/s1. The molecule has 22 heavy (non-hydrogen) atoms. The fraction of sp³-hybridized carbons (Fsp3) is 1.00. The van der Waals surface area contributed by atoms with Gasteiger partial charge < -0.3 is 15.2 Å². The Morgan fingerprint density at radius 3 is 2.45 bits per heavy atom. The van der Waals surface area contributed by atoms with E-state index in [1.54, 1.807) is 0 Å². The first kappa shape index (κ1) is 16.7. The normalized spacial score (nSPS) is 39.3. The van der Waals surface area contributed by atoms with Crippen LogP contribution in [0.3, 0.4) is 0 Å². The molecule has 2 N–H and O–H groups in total. The summed E-state index contributed by atoms with van der Waals surface area (Å²) in [6.07, 6.45) is 10.4. The summed E-state index contributed by atoms with van der Waals surface area (Å²) in [5.41, 5.74) is 0.692. The highest BCUT2D eigenvalue weighted by Crippen LogP contribution is 2.66. The number of nitrogens with one attached hydrogen (secondary N) is 1. The van der Waals surface area contributed by atoms with Gasteiger partial charge in [-0.3, -0.25) is 0 Å². The van der Waals surface area contributed by atoms with E-state index < -0.39 is 0 Å². The van der Waals surface area contributed by atoms with E-state index in [-0.39, 0.29) is 6.10 Å². The van der Waals surface area contributed by atoms with Crippen LogP contribution in [-0.2, 0) is 4.74 Å². The number of aliphatic hydroxyl groups excluding tert-OH is 1. The molecule has 0 aromatic heterocycles. The third-order valence-electron chi connectivity index (χ3n) is 7.45. The molecular weight excluding hydrogens is 274 g/mol. The Labute approximate surface area is 136 Å². The zero-order valence-electron chi connectivity index (χ0n) is 14.7. The molecule has 0 heterocycles. The molecule has 3 saturated carbocycles. The highest BCUT2D eigenvalue weighted by atomic mass is 16.5. The number of fused-ring (bicyclic) bond motifs is 2. The van der Waals surface area contributed by atoms with Gasteiger partial charge in [-0.2, -0.15) is 0 Å². The van der Waals surface area contributed by atoms with E-state index in [0.717, 1.165) is 5.92 Å². The summed E-state index contributed by atoms with van der Waals surface area (Å²) in [5.74, 6) is 0.806. The molecular formula is C19H35NO2. The molecule has 3 nitrogen and oxygen atoms in total. The Kier molecular flexibility index (Phi) is 4.87. The van der Waals surface area contributed by atoms with E-state index in [0.29, 0.717) is 36.1 Å². The maximum absolute atomic E-state index is 10.2. The van der Waals surface area contributed by atoms with Crippen LogP contribution in [0.15, 0.2) is 0 Å². The molecule has 0 unspecified atom stereocenters. The Morgan fingerprint density at radius 1 is 1.14 bits per heavy atom. The lowest BCUT2D eigenvalue weighted by Gasteiger charge is -2.39. The molecule has 0 spiro atoms. The Balaban J connectivity index is 1.41. The smallest absolute Gasteiger partial charge is 0.0897 e. The molecule has 3 rings (SSSR count). The highest BCUT2D eigenvalue weighted by molar-refractivity contribution is 5.11. The average molecular weight is 309 g/mol. The third kappa shape index (κ3) is 2.97. The molecule has 3 fully saturated rings. The van der Waals surface area contributed by atoms with Crippen molar-refractivity contribution in [2.45, 2.75) is 90.4 Å². The van der Waals surface area contributed by atoms with Crippen molar-refractivity contribution in [3.63, 3.8) is 0 Å². The van der Waals surface area contributed by atoms with Gasteiger partial charge in [-0.05, 0) is 48.9 Å². The van der Waals surface area contributed by atoms with Gasteiger partial charge in [0.2, 0.25) is 0 Å². The molecule has 4 atom stereocenters. The number of ether oxygens (including phenoxy) is 1. The molecule has 0 aliphatic heterocycles. The second-order valence-corrected chi connectivity index (χ2v) is 8.83. The summed E-state index contributed by atoms with van der Waals surface area (Å²) >= 11 is 0. The predicted molar refractivity (Wildman–Crippen MR) is 89.9 cm³/mol. The summed E-state index contributed by atoms with van der Waals surface area (Å²) < 4.78 is 6.19.